The Labute approximate surface area is 211 Å². The first-order valence-electron chi connectivity index (χ1n) is 12.4. The van der Waals surface area contributed by atoms with Crippen LogP contribution in [0.3, 0.4) is 0 Å². The zero-order valence-corrected chi connectivity index (χ0v) is 20.8. The summed E-state index contributed by atoms with van der Waals surface area (Å²) in [6.45, 7) is 4.50. The maximum Gasteiger partial charge on any atom is 0.256 e. The van der Waals surface area contributed by atoms with Gasteiger partial charge in [0.25, 0.3) is 6.43 Å². The normalized spacial score (nSPS) is 21.4. The van der Waals surface area contributed by atoms with E-state index in [-0.39, 0.29) is 11.9 Å². The number of imidazole rings is 1. The molecule has 10 nitrogen and oxygen atoms in total. The number of aryl methyl sites for hydroxylation is 1. The SMILES string of the molecule is COc1nc(N[C@H]2C[C@@H]3CN(C(C)=O)C[C@@H]3C2)nc2[nH]cc(-c3cnc4nc(C)n(CC(F)F)c4c3)c12. The zero-order chi connectivity index (χ0) is 25.8. The van der Waals surface area contributed by atoms with Crippen LogP contribution in [0.2, 0.25) is 0 Å². The average Bonchev–Trinajstić information content (AvgIpc) is 3.60. The van der Waals surface area contributed by atoms with E-state index < -0.39 is 13.0 Å². The van der Waals surface area contributed by atoms with Crippen LogP contribution in [0.4, 0.5) is 14.7 Å². The van der Waals surface area contributed by atoms with E-state index in [1.54, 1.807) is 39.4 Å². The van der Waals surface area contributed by atoms with Gasteiger partial charge in [-0.05, 0) is 37.7 Å². The van der Waals surface area contributed by atoms with Gasteiger partial charge in [0.2, 0.25) is 17.7 Å². The maximum atomic E-state index is 13.2. The second kappa shape index (κ2) is 8.93. The fourth-order valence-corrected chi connectivity index (χ4v) is 5.93. The number of H-pyrrole nitrogens is 1. The van der Waals surface area contributed by atoms with Crippen LogP contribution < -0.4 is 10.1 Å². The van der Waals surface area contributed by atoms with E-state index >= 15 is 0 Å². The molecule has 0 spiro atoms. The number of alkyl halides is 2. The molecule has 2 N–H and O–H groups in total. The molecule has 12 heteroatoms. The Morgan fingerprint density at radius 2 is 2.00 bits per heavy atom. The molecule has 4 aromatic rings. The molecule has 1 aliphatic heterocycles. The molecule has 1 aliphatic carbocycles. The van der Waals surface area contributed by atoms with Gasteiger partial charge < -0.3 is 24.5 Å². The number of methoxy groups -OCH3 is 1. The van der Waals surface area contributed by atoms with Crippen molar-refractivity contribution < 1.29 is 18.3 Å². The van der Waals surface area contributed by atoms with Gasteiger partial charge in [-0.3, -0.25) is 4.79 Å². The first kappa shape index (κ1) is 23.6. The highest BCUT2D eigenvalue weighted by molar-refractivity contribution is 5.98. The van der Waals surface area contributed by atoms with E-state index in [0.717, 1.165) is 37.1 Å². The van der Waals surface area contributed by atoms with E-state index in [9.17, 15) is 13.6 Å². The lowest BCUT2D eigenvalue weighted by Gasteiger charge is -2.18. The number of aromatic amines is 1. The topological polar surface area (TPSA) is 114 Å². The predicted molar refractivity (Wildman–Crippen MR) is 134 cm³/mol. The van der Waals surface area contributed by atoms with Crippen molar-refractivity contribution in [1.29, 1.82) is 0 Å². The molecule has 5 heterocycles. The van der Waals surface area contributed by atoms with Crippen LogP contribution in [0.1, 0.15) is 25.6 Å². The molecule has 1 saturated carbocycles. The number of hydrogen-bond acceptors (Lipinski definition) is 7. The van der Waals surface area contributed by atoms with Crippen molar-refractivity contribution in [2.75, 3.05) is 25.5 Å². The summed E-state index contributed by atoms with van der Waals surface area (Å²) in [5.41, 5.74) is 3.04. The lowest BCUT2D eigenvalue weighted by atomic mass is 10.0. The third-order valence-corrected chi connectivity index (χ3v) is 7.65. The molecule has 6 rings (SSSR count). The number of halogens is 2. The number of amides is 1. The average molecular weight is 511 g/mol. The minimum atomic E-state index is -2.50. The Bertz CT molecular complexity index is 1490. The predicted octanol–water partition coefficient (Wildman–Crippen LogP) is 3.62. The van der Waals surface area contributed by atoms with Crippen molar-refractivity contribution in [1.82, 2.24) is 34.4 Å². The second-order valence-electron chi connectivity index (χ2n) is 9.97. The van der Waals surface area contributed by atoms with Gasteiger partial charge in [0.05, 0.1) is 24.6 Å². The van der Waals surface area contributed by atoms with E-state index in [4.69, 9.17) is 9.72 Å². The molecule has 1 amide bonds. The van der Waals surface area contributed by atoms with Crippen LogP contribution in [0.25, 0.3) is 33.3 Å². The van der Waals surface area contributed by atoms with Gasteiger partial charge >= 0.3 is 0 Å². The van der Waals surface area contributed by atoms with Crippen molar-refractivity contribution >= 4 is 34.1 Å². The fraction of sp³-hybridized carbons (Fsp3) is 0.480. The number of carbonyl (C=O) groups excluding carboxylic acids is 1. The number of likely N-dealkylation sites (tertiary alicyclic amines) is 1. The van der Waals surface area contributed by atoms with E-state index in [0.29, 0.717) is 51.7 Å². The van der Waals surface area contributed by atoms with E-state index in [2.05, 4.69) is 25.3 Å². The van der Waals surface area contributed by atoms with Crippen LogP contribution in [0.5, 0.6) is 5.88 Å². The summed E-state index contributed by atoms with van der Waals surface area (Å²) in [6, 6.07) is 2.03. The molecule has 194 valence electrons. The molecule has 1 saturated heterocycles. The minimum Gasteiger partial charge on any atom is -0.480 e. The highest BCUT2D eigenvalue weighted by atomic mass is 19.3. The Morgan fingerprint density at radius 1 is 1.24 bits per heavy atom. The first-order chi connectivity index (χ1) is 17.8. The van der Waals surface area contributed by atoms with Gasteiger partial charge in [-0.25, -0.2) is 18.7 Å². The summed E-state index contributed by atoms with van der Waals surface area (Å²) in [7, 11) is 1.56. The summed E-state index contributed by atoms with van der Waals surface area (Å²) in [6.07, 6.45) is 2.89. The van der Waals surface area contributed by atoms with Gasteiger partial charge in [-0.15, -0.1) is 0 Å². The van der Waals surface area contributed by atoms with Crippen LogP contribution in [-0.4, -0.2) is 73.0 Å². The van der Waals surface area contributed by atoms with Gasteiger partial charge in [-0.1, -0.05) is 0 Å². The van der Waals surface area contributed by atoms with E-state index in [1.807, 2.05) is 4.90 Å². The van der Waals surface area contributed by atoms with Crippen molar-refractivity contribution in [3.8, 4) is 17.0 Å². The lowest BCUT2D eigenvalue weighted by Crippen LogP contribution is -2.29. The molecule has 0 aromatic carbocycles. The van der Waals surface area contributed by atoms with Crippen molar-refractivity contribution in [2.24, 2.45) is 11.8 Å². The monoisotopic (exact) mass is 510 g/mol. The van der Waals surface area contributed by atoms with Crippen LogP contribution in [-0.2, 0) is 11.3 Å². The smallest absolute Gasteiger partial charge is 0.256 e. The standard InChI is InChI=1S/C25H28F2N8O2/c1-12-30-22-19(35(12)11-20(26)27)6-14(7-28-22)18-8-29-23-21(18)24(37-3)33-25(32-23)31-17-4-15-9-34(13(2)36)10-16(15)5-17/h6-8,15-17,20H,4-5,9-11H2,1-3H3,(H2,29,31,32,33)/t15-,16+,17+. The van der Waals surface area contributed by atoms with Crippen molar-refractivity contribution in [3.63, 3.8) is 0 Å². The van der Waals surface area contributed by atoms with Crippen LogP contribution >= 0.6 is 0 Å². The molecule has 37 heavy (non-hydrogen) atoms. The quantitative estimate of drug-likeness (QED) is 0.407. The second-order valence-corrected chi connectivity index (χ2v) is 9.97. The summed E-state index contributed by atoms with van der Waals surface area (Å²) >= 11 is 0. The van der Waals surface area contributed by atoms with Crippen LogP contribution in [0.15, 0.2) is 18.5 Å². The Balaban J connectivity index is 1.29. The third kappa shape index (κ3) is 4.13. The van der Waals surface area contributed by atoms with E-state index in [1.165, 1.54) is 4.57 Å². The summed E-state index contributed by atoms with van der Waals surface area (Å²) in [4.78, 5) is 34.9. The Hall–Kier alpha value is -3.83. The number of pyridine rings is 1. The number of anilines is 1. The highest BCUT2D eigenvalue weighted by Gasteiger charge is 2.41. The van der Waals surface area contributed by atoms with Crippen molar-refractivity contribution in [2.45, 2.75) is 45.7 Å². The molecule has 4 aromatic heterocycles. The number of rotatable bonds is 6. The van der Waals surface area contributed by atoms with Gasteiger partial charge in [0, 0.05) is 49.6 Å². The largest absolute Gasteiger partial charge is 0.480 e. The number of nitrogens with zero attached hydrogens (tertiary/aromatic N) is 6. The summed E-state index contributed by atoms with van der Waals surface area (Å²) in [5, 5.41) is 4.15. The fourth-order valence-electron chi connectivity index (χ4n) is 5.93. The molecular weight excluding hydrogens is 482 g/mol. The zero-order valence-electron chi connectivity index (χ0n) is 20.8. The first-order valence-corrected chi connectivity index (χ1v) is 12.4. The van der Waals surface area contributed by atoms with Gasteiger partial charge in [0.1, 0.15) is 11.5 Å². The number of fused-ring (bicyclic) bond motifs is 3. The number of aromatic nitrogens is 6. The number of carbonyl (C=O) groups is 1. The van der Waals surface area contributed by atoms with Gasteiger partial charge in [0.15, 0.2) is 5.65 Å². The molecule has 3 atom stereocenters. The maximum absolute atomic E-state index is 13.2. The highest BCUT2D eigenvalue weighted by Crippen LogP contribution is 2.40. The molecule has 2 fully saturated rings. The molecular formula is C25H28F2N8O2. The Morgan fingerprint density at radius 3 is 2.68 bits per heavy atom. The minimum absolute atomic E-state index is 0.142. The van der Waals surface area contributed by atoms with Crippen molar-refractivity contribution in [3.05, 3.63) is 24.3 Å². The number of hydrogen-bond donors (Lipinski definition) is 2. The third-order valence-electron chi connectivity index (χ3n) is 7.65. The number of nitrogens with one attached hydrogen (secondary N) is 2. The molecule has 0 bridgehead atoms. The lowest BCUT2D eigenvalue weighted by molar-refractivity contribution is -0.128. The molecule has 2 aliphatic rings. The van der Waals surface area contributed by atoms with Gasteiger partial charge in [-0.2, -0.15) is 9.97 Å². The molecule has 0 unspecified atom stereocenters. The number of ether oxygens (including phenoxy) is 1. The Kier molecular flexibility index (Phi) is 5.68. The summed E-state index contributed by atoms with van der Waals surface area (Å²) < 4.78 is 33.4. The van der Waals surface area contributed by atoms with Crippen LogP contribution in [0, 0.1) is 18.8 Å². The summed E-state index contributed by atoms with van der Waals surface area (Å²) in [5.74, 6) is 2.50. The molecule has 0 radical (unpaired) electrons.